The number of carbonyl (C=O) groups excluding carboxylic acids is 1. The van der Waals surface area contributed by atoms with E-state index in [1.807, 2.05) is 12.1 Å². The van der Waals surface area contributed by atoms with E-state index in [1.165, 1.54) is 11.0 Å². The van der Waals surface area contributed by atoms with Crippen molar-refractivity contribution in [3.05, 3.63) is 66.2 Å². The molecule has 3 rings (SSSR count). The smallest absolute Gasteiger partial charge is 0.251 e. The standard InChI is InChI=1S/C14H12N6O/c21-14(16-9-11-5-7-15-8-6-11)12-1-3-13(4-2-12)20-10-17-18-19-20/h1-8,10H,9H2,(H,16,21). The van der Waals surface area contributed by atoms with Crippen molar-refractivity contribution in [1.82, 2.24) is 30.5 Å². The van der Waals surface area contributed by atoms with E-state index in [2.05, 4.69) is 25.8 Å². The third-order valence-electron chi connectivity index (χ3n) is 2.95. The fraction of sp³-hybridized carbons (Fsp3) is 0.0714. The van der Waals surface area contributed by atoms with Gasteiger partial charge in [-0.05, 0) is 52.4 Å². The first kappa shape index (κ1) is 12.9. The predicted octanol–water partition coefficient (Wildman–Crippen LogP) is 0.987. The van der Waals surface area contributed by atoms with Gasteiger partial charge < -0.3 is 5.32 Å². The molecule has 0 aliphatic carbocycles. The number of benzene rings is 1. The highest BCUT2D eigenvalue weighted by Crippen LogP contribution is 2.08. The molecule has 1 amide bonds. The summed E-state index contributed by atoms with van der Waals surface area (Å²) < 4.78 is 1.53. The Hall–Kier alpha value is -3.09. The molecule has 3 aromatic rings. The molecule has 1 N–H and O–H groups in total. The molecule has 0 saturated carbocycles. The summed E-state index contributed by atoms with van der Waals surface area (Å²) in [4.78, 5) is 16.0. The van der Waals surface area contributed by atoms with Crippen LogP contribution < -0.4 is 5.32 Å². The molecule has 0 radical (unpaired) electrons. The molecule has 0 saturated heterocycles. The van der Waals surface area contributed by atoms with E-state index in [-0.39, 0.29) is 5.91 Å². The minimum absolute atomic E-state index is 0.130. The number of nitrogens with zero attached hydrogens (tertiary/aromatic N) is 5. The Morgan fingerprint density at radius 2 is 1.86 bits per heavy atom. The van der Waals surface area contributed by atoms with Crippen LogP contribution in [0.15, 0.2) is 55.1 Å². The molecule has 2 aromatic heterocycles. The number of tetrazole rings is 1. The van der Waals surface area contributed by atoms with Crippen molar-refractivity contribution in [3.63, 3.8) is 0 Å². The number of nitrogens with one attached hydrogen (secondary N) is 1. The lowest BCUT2D eigenvalue weighted by Gasteiger charge is -2.06. The molecule has 0 spiro atoms. The largest absolute Gasteiger partial charge is 0.348 e. The Labute approximate surface area is 120 Å². The topological polar surface area (TPSA) is 85.6 Å². The molecule has 0 bridgehead atoms. The summed E-state index contributed by atoms with van der Waals surface area (Å²) >= 11 is 0. The monoisotopic (exact) mass is 280 g/mol. The molecule has 104 valence electrons. The summed E-state index contributed by atoms with van der Waals surface area (Å²) in [5.41, 5.74) is 2.38. The van der Waals surface area contributed by atoms with Gasteiger partial charge in [0.15, 0.2) is 0 Å². The number of hydrogen-bond acceptors (Lipinski definition) is 5. The van der Waals surface area contributed by atoms with Gasteiger partial charge in [0.25, 0.3) is 5.91 Å². The zero-order chi connectivity index (χ0) is 14.5. The molecule has 0 atom stereocenters. The van der Waals surface area contributed by atoms with Gasteiger partial charge in [-0.15, -0.1) is 5.10 Å². The molecule has 7 heteroatoms. The second-order valence-electron chi connectivity index (χ2n) is 4.34. The molecular weight excluding hydrogens is 268 g/mol. The van der Waals surface area contributed by atoms with Gasteiger partial charge in [0.05, 0.1) is 5.69 Å². The Balaban J connectivity index is 1.65. The Morgan fingerprint density at radius 1 is 1.10 bits per heavy atom. The summed E-state index contributed by atoms with van der Waals surface area (Å²) in [5, 5.41) is 13.8. The van der Waals surface area contributed by atoms with Crippen LogP contribution in [0.1, 0.15) is 15.9 Å². The number of hydrogen-bond donors (Lipinski definition) is 1. The zero-order valence-corrected chi connectivity index (χ0v) is 11.0. The van der Waals surface area contributed by atoms with Crippen LogP contribution in [-0.2, 0) is 6.54 Å². The fourth-order valence-corrected chi connectivity index (χ4v) is 1.83. The van der Waals surface area contributed by atoms with Crippen LogP contribution in [0.3, 0.4) is 0 Å². The van der Waals surface area contributed by atoms with E-state index < -0.39 is 0 Å². The molecule has 1 aromatic carbocycles. The van der Waals surface area contributed by atoms with Crippen molar-refractivity contribution in [2.75, 3.05) is 0 Å². The lowest BCUT2D eigenvalue weighted by Crippen LogP contribution is -2.22. The molecule has 0 fully saturated rings. The van der Waals surface area contributed by atoms with E-state index in [4.69, 9.17) is 0 Å². The van der Waals surface area contributed by atoms with Gasteiger partial charge in [0.2, 0.25) is 0 Å². The van der Waals surface area contributed by atoms with Gasteiger partial charge in [-0.25, -0.2) is 4.68 Å². The van der Waals surface area contributed by atoms with E-state index in [1.54, 1.807) is 36.7 Å². The Bertz CT molecular complexity index is 709. The van der Waals surface area contributed by atoms with Crippen LogP contribution in [0.2, 0.25) is 0 Å². The van der Waals surface area contributed by atoms with Crippen molar-refractivity contribution >= 4 is 5.91 Å². The molecule has 2 heterocycles. The molecule has 0 aliphatic rings. The number of amides is 1. The van der Waals surface area contributed by atoms with Crippen molar-refractivity contribution in [1.29, 1.82) is 0 Å². The summed E-state index contributed by atoms with van der Waals surface area (Å²) in [6.45, 7) is 0.468. The lowest BCUT2D eigenvalue weighted by molar-refractivity contribution is 0.0951. The molecule has 21 heavy (non-hydrogen) atoms. The lowest BCUT2D eigenvalue weighted by atomic mass is 10.2. The van der Waals surface area contributed by atoms with E-state index in [0.29, 0.717) is 12.1 Å². The number of carbonyl (C=O) groups is 1. The third kappa shape index (κ3) is 3.08. The second kappa shape index (κ2) is 5.91. The first-order valence-corrected chi connectivity index (χ1v) is 6.33. The summed E-state index contributed by atoms with van der Waals surface area (Å²) in [5.74, 6) is -0.130. The highest BCUT2D eigenvalue weighted by Gasteiger charge is 2.06. The average molecular weight is 280 g/mol. The van der Waals surface area contributed by atoms with Gasteiger partial charge in [-0.2, -0.15) is 0 Å². The summed E-state index contributed by atoms with van der Waals surface area (Å²) in [7, 11) is 0. The van der Waals surface area contributed by atoms with Gasteiger partial charge in [0, 0.05) is 24.5 Å². The summed E-state index contributed by atoms with van der Waals surface area (Å²) in [6.07, 6.45) is 4.89. The fourth-order valence-electron chi connectivity index (χ4n) is 1.83. The second-order valence-corrected chi connectivity index (χ2v) is 4.34. The van der Waals surface area contributed by atoms with Crippen LogP contribution in [0, 0.1) is 0 Å². The van der Waals surface area contributed by atoms with Gasteiger partial charge >= 0.3 is 0 Å². The van der Waals surface area contributed by atoms with Crippen molar-refractivity contribution in [2.24, 2.45) is 0 Å². The highest BCUT2D eigenvalue weighted by molar-refractivity contribution is 5.94. The van der Waals surface area contributed by atoms with E-state index in [9.17, 15) is 4.79 Å². The summed E-state index contributed by atoms with van der Waals surface area (Å²) in [6, 6.07) is 10.8. The van der Waals surface area contributed by atoms with Crippen LogP contribution in [-0.4, -0.2) is 31.1 Å². The number of aromatic nitrogens is 5. The van der Waals surface area contributed by atoms with Crippen LogP contribution >= 0.6 is 0 Å². The van der Waals surface area contributed by atoms with Crippen LogP contribution in [0.4, 0.5) is 0 Å². The highest BCUT2D eigenvalue weighted by atomic mass is 16.1. The number of pyridine rings is 1. The Morgan fingerprint density at radius 3 is 2.52 bits per heavy atom. The quantitative estimate of drug-likeness (QED) is 0.770. The minimum Gasteiger partial charge on any atom is -0.348 e. The van der Waals surface area contributed by atoms with Gasteiger partial charge in [-0.3, -0.25) is 9.78 Å². The minimum atomic E-state index is -0.130. The molecule has 0 aliphatic heterocycles. The maximum absolute atomic E-state index is 12.0. The zero-order valence-electron chi connectivity index (χ0n) is 11.0. The first-order chi connectivity index (χ1) is 10.3. The van der Waals surface area contributed by atoms with E-state index >= 15 is 0 Å². The molecular formula is C14H12N6O. The van der Waals surface area contributed by atoms with Crippen LogP contribution in [0.25, 0.3) is 5.69 Å². The maximum Gasteiger partial charge on any atom is 0.251 e. The predicted molar refractivity (Wildman–Crippen MR) is 74.6 cm³/mol. The molecule has 7 nitrogen and oxygen atoms in total. The number of rotatable bonds is 4. The average Bonchev–Trinajstić information content (AvgIpc) is 3.08. The van der Waals surface area contributed by atoms with Crippen LogP contribution in [0.5, 0.6) is 0 Å². The van der Waals surface area contributed by atoms with Gasteiger partial charge in [-0.1, -0.05) is 0 Å². The van der Waals surface area contributed by atoms with Gasteiger partial charge in [0.1, 0.15) is 6.33 Å². The SMILES string of the molecule is O=C(NCc1ccncc1)c1ccc(-n2cnnn2)cc1. The van der Waals surface area contributed by atoms with E-state index in [0.717, 1.165) is 11.3 Å². The third-order valence-corrected chi connectivity index (χ3v) is 2.95. The normalized spacial score (nSPS) is 10.3. The van der Waals surface area contributed by atoms with Crippen molar-refractivity contribution in [2.45, 2.75) is 6.54 Å². The Kier molecular flexibility index (Phi) is 3.64. The maximum atomic E-state index is 12.0. The van der Waals surface area contributed by atoms with Crippen molar-refractivity contribution < 1.29 is 4.79 Å². The van der Waals surface area contributed by atoms with Crippen molar-refractivity contribution in [3.8, 4) is 5.69 Å². The first-order valence-electron chi connectivity index (χ1n) is 6.33. The molecule has 0 unspecified atom stereocenters.